The first kappa shape index (κ1) is 14.5. The summed E-state index contributed by atoms with van der Waals surface area (Å²) >= 11 is 5.80. The van der Waals surface area contributed by atoms with Gasteiger partial charge in [-0.05, 0) is 49.6 Å². The minimum atomic E-state index is 0.155. The predicted octanol–water partition coefficient (Wildman–Crippen LogP) is 2.62. The molecule has 4 heteroatoms. The third-order valence-electron chi connectivity index (χ3n) is 3.68. The number of hydrogen-bond acceptors (Lipinski definition) is 3. The van der Waals surface area contributed by atoms with Crippen LogP contribution in [0.3, 0.4) is 0 Å². The Labute approximate surface area is 119 Å². The van der Waals surface area contributed by atoms with E-state index in [0.717, 1.165) is 38.0 Å². The maximum Gasteiger partial charge on any atom is 0.164 e. The summed E-state index contributed by atoms with van der Waals surface area (Å²) in [6.45, 7) is 2.97. The van der Waals surface area contributed by atoms with Gasteiger partial charge in [0, 0.05) is 36.7 Å². The molecule has 1 aliphatic rings. The highest BCUT2D eigenvalue weighted by atomic mass is 35.5. The number of nitrogens with zero attached hydrogens (tertiary/aromatic N) is 1. The lowest BCUT2D eigenvalue weighted by Crippen LogP contribution is -2.37. The van der Waals surface area contributed by atoms with Crippen molar-refractivity contribution in [2.45, 2.75) is 19.3 Å². The Bertz CT molecular complexity index is 419. The Kier molecular flexibility index (Phi) is 5.37. The number of benzene rings is 1. The SMILES string of the molecule is O=C(CCN1CCCC(CO)C1)c1ccc(Cl)cc1. The van der Waals surface area contributed by atoms with Gasteiger partial charge in [-0.3, -0.25) is 4.79 Å². The number of aliphatic hydroxyl groups excluding tert-OH is 1. The van der Waals surface area contributed by atoms with Gasteiger partial charge in [-0.2, -0.15) is 0 Å². The molecule has 1 fully saturated rings. The largest absolute Gasteiger partial charge is 0.396 e. The minimum Gasteiger partial charge on any atom is -0.396 e. The maximum absolute atomic E-state index is 12.0. The lowest BCUT2D eigenvalue weighted by Gasteiger charge is -2.31. The van der Waals surface area contributed by atoms with Gasteiger partial charge in [-0.1, -0.05) is 11.6 Å². The summed E-state index contributed by atoms with van der Waals surface area (Å²) in [5, 5.41) is 9.84. The lowest BCUT2D eigenvalue weighted by molar-refractivity contribution is 0.0917. The van der Waals surface area contributed by atoms with Crippen LogP contribution in [0.5, 0.6) is 0 Å². The van der Waals surface area contributed by atoms with Gasteiger partial charge < -0.3 is 10.0 Å². The Hall–Kier alpha value is -0.900. The zero-order valence-corrected chi connectivity index (χ0v) is 11.8. The highest BCUT2D eigenvalue weighted by Crippen LogP contribution is 2.17. The van der Waals surface area contributed by atoms with E-state index in [9.17, 15) is 9.90 Å². The average molecular weight is 282 g/mol. The molecule has 2 rings (SSSR count). The maximum atomic E-state index is 12.0. The van der Waals surface area contributed by atoms with E-state index in [4.69, 9.17) is 11.6 Å². The van der Waals surface area contributed by atoms with Crippen molar-refractivity contribution in [2.24, 2.45) is 5.92 Å². The molecule has 19 heavy (non-hydrogen) atoms. The number of carbonyl (C=O) groups excluding carboxylic acids is 1. The summed E-state index contributed by atoms with van der Waals surface area (Å²) < 4.78 is 0. The fourth-order valence-corrected chi connectivity index (χ4v) is 2.67. The average Bonchev–Trinajstić information content (AvgIpc) is 2.46. The van der Waals surface area contributed by atoms with Crippen molar-refractivity contribution in [1.82, 2.24) is 4.90 Å². The van der Waals surface area contributed by atoms with Gasteiger partial charge in [0.1, 0.15) is 0 Å². The molecule has 0 spiro atoms. The summed E-state index contributed by atoms with van der Waals surface area (Å²) in [5.74, 6) is 0.530. The fraction of sp³-hybridized carbons (Fsp3) is 0.533. The van der Waals surface area contributed by atoms with E-state index in [1.807, 2.05) is 0 Å². The molecule has 1 atom stereocenters. The van der Waals surface area contributed by atoms with E-state index in [0.29, 0.717) is 17.4 Å². The summed E-state index contributed by atoms with van der Waals surface area (Å²) in [4.78, 5) is 14.3. The van der Waals surface area contributed by atoms with Crippen LogP contribution < -0.4 is 0 Å². The number of Topliss-reactive ketones (excluding diaryl/α,β-unsaturated/α-hetero) is 1. The van der Waals surface area contributed by atoms with Crippen LogP contribution in [0.2, 0.25) is 5.02 Å². The number of carbonyl (C=O) groups is 1. The number of piperidine rings is 1. The van der Waals surface area contributed by atoms with Gasteiger partial charge in [0.05, 0.1) is 0 Å². The third kappa shape index (κ3) is 4.30. The second-order valence-electron chi connectivity index (χ2n) is 5.17. The molecule has 0 saturated carbocycles. The standard InChI is InChI=1S/C15H20ClNO2/c16-14-5-3-13(4-6-14)15(19)7-9-17-8-1-2-12(10-17)11-18/h3-6,12,18H,1-2,7-11H2. The van der Waals surface area contributed by atoms with Gasteiger partial charge in [0.15, 0.2) is 5.78 Å². The van der Waals surface area contributed by atoms with Crippen molar-refractivity contribution in [2.75, 3.05) is 26.2 Å². The van der Waals surface area contributed by atoms with Crippen LogP contribution in [0.25, 0.3) is 0 Å². The van der Waals surface area contributed by atoms with E-state index in [1.165, 1.54) is 0 Å². The highest BCUT2D eigenvalue weighted by molar-refractivity contribution is 6.30. The number of aliphatic hydroxyl groups is 1. The number of halogens is 1. The number of hydrogen-bond donors (Lipinski definition) is 1. The second-order valence-corrected chi connectivity index (χ2v) is 5.61. The van der Waals surface area contributed by atoms with Gasteiger partial charge >= 0.3 is 0 Å². The summed E-state index contributed by atoms with van der Waals surface area (Å²) in [6, 6.07) is 7.05. The fourth-order valence-electron chi connectivity index (χ4n) is 2.54. The molecule has 0 aliphatic carbocycles. The predicted molar refractivity (Wildman–Crippen MR) is 76.6 cm³/mol. The van der Waals surface area contributed by atoms with E-state index in [-0.39, 0.29) is 12.4 Å². The first-order valence-corrected chi connectivity index (χ1v) is 7.19. The van der Waals surface area contributed by atoms with Crippen molar-refractivity contribution < 1.29 is 9.90 Å². The topological polar surface area (TPSA) is 40.5 Å². The van der Waals surface area contributed by atoms with Crippen LogP contribution >= 0.6 is 11.6 Å². The molecule has 1 aliphatic heterocycles. The van der Waals surface area contributed by atoms with Gasteiger partial charge in [-0.25, -0.2) is 0 Å². The molecule has 1 N–H and O–H groups in total. The molecule has 0 radical (unpaired) electrons. The third-order valence-corrected chi connectivity index (χ3v) is 3.93. The van der Waals surface area contributed by atoms with Crippen LogP contribution in [-0.2, 0) is 0 Å². The van der Waals surface area contributed by atoms with Gasteiger partial charge in [0.2, 0.25) is 0 Å². The van der Waals surface area contributed by atoms with E-state index in [1.54, 1.807) is 24.3 Å². The Morgan fingerprint density at radius 2 is 2.11 bits per heavy atom. The number of likely N-dealkylation sites (tertiary alicyclic amines) is 1. The smallest absolute Gasteiger partial charge is 0.164 e. The van der Waals surface area contributed by atoms with E-state index >= 15 is 0 Å². The molecule has 0 bridgehead atoms. The van der Waals surface area contributed by atoms with E-state index < -0.39 is 0 Å². The Morgan fingerprint density at radius 1 is 1.37 bits per heavy atom. The van der Waals surface area contributed by atoms with Crippen molar-refractivity contribution in [3.8, 4) is 0 Å². The molecule has 1 unspecified atom stereocenters. The minimum absolute atomic E-state index is 0.155. The number of ketones is 1. The molecule has 1 heterocycles. The van der Waals surface area contributed by atoms with Crippen LogP contribution in [-0.4, -0.2) is 42.0 Å². The molecule has 1 aromatic carbocycles. The number of rotatable bonds is 5. The molecular formula is C15H20ClNO2. The zero-order valence-electron chi connectivity index (χ0n) is 11.0. The van der Waals surface area contributed by atoms with E-state index in [2.05, 4.69) is 4.90 Å². The van der Waals surface area contributed by atoms with Gasteiger partial charge in [0.25, 0.3) is 0 Å². The van der Waals surface area contributed by atoms with Crippen molar-refractivity contribution >= 4 is 17.4 Å². The van der Waals surface area contributed by atoms with Crippen LogP contribution in [0.15, 0.2) is 24.3 Å². The van der Waals surface area contributed by atoms with Crippen molar-refractivity contribution in [3.63, 3.8) is 0 Å². The van der Waals surface area contributed by atoms with Gasteiger partial charge in [-0.15, -0.1) is 0 Å². The normalized spacial score (nSPS) is 20.4. The van der Waals surface area contributed by atoms with Crippen LogP contribution in [0, 0.1) is 5.92 Å². The lowest BCUT2D eigenvalue weighted by atomic mass is 9.98. The molecular weight excluding hydrogens is 262 g/mol. The molecule has 0 amide bonds. The quantitative estimate of drug-likeness (QED) is 0.844. The Balaban J connectivity index is 1.81. The summed E-state index contributed by atoms with van der Waals surface area (Å²) in [5.41, 5.74) is 0.722. The molecule has 1 saturated heterocycles. The summed E-state index contributed by atoms with van der Waals surface area (Å²) in [7, 11) is 0. The van der Waals surface area contributed by atoms with Crippen LogP contribution in [0.4, 0.5) is 0 Å². The first-order valence-electron chi connectivity index (χ1n) is 6.81. The Morgan fingerprint density at radius 3 is 2.79 bits per heavy atom. The second kappa shape index (κ2) is 7.04. The molecule has 104 valence electrons. The molecule has 3 nitrogen and oxygen atoms in total. The molecule has 0 aromatic heterocycles. The van der Waals surface area contributed by atoms with Crippen LogP contribution in [0.1, 0.15) is 29.6 Å². The van der Waals surface area contributed by atoms with Crippen molar-refractivity contribution in [1.29, 1.82) is 0 Å². The monoisotopic (exact) mass is 281 g/mol. The highest BCUT2D eigenvalue weighted by Gasteiger charge is 2.19. The zero-order chi connectivity index (χ0) is 13.7. The molecule has 1 aromatic rings. The van der Waals surface area contributed by atoms with Crippen molar-refractivity contribution in [3.05, 3.63) is 34.9 Å². The summed E-state index contributed by atoms with van der Waals surface area (Å²) in [6.07, 6.45) is 2.73. The first-order chi connectivity index (χ1) is 9.19.